The van der Waals surface area contributed by atoms with Gasteiger partial charge in [-0.05, 0) is 37.8 Å². The molecule has 0 spiro atoms. The maximum Gasteiger partial charge on any atom is 0.241 e. The summed E-state index contributed by atoms with van der Waals surface area (Å²) < 4.78 is 28.1. The van der Waals surface area contributed by atoms with E-state index in [1.165, 1.54) is 0 Å². The topological polar surface area (TPSA) is 85.1 Å². The van der Waals surface area contributed by atoms with Crippen molar-refractivity contribution in [2.45, 2.75) is 42.7 Å². The van der Waals surface area contributed by atoms with Crippen LogP contribution in [0.2, 0.25) is 0 Å². The van der Waals surface area contributed by atoms with E-state index in [1.54, 1.807) is 30.6 Å². The van der Waals surface area contributed by atoms with Gasteiger partial charge in [-0.2, -0.15) is 0 Å². The molecule has 0 atom stereocenters. The second-order valence-electron chi connectivity index (χ2n) is 5.59. The Labute approximate surface area is 124 Å². The van der Waals surface area contributed by atoms with Crippen LogP contribution >= 0.6 is 0 Å². The molecule has 1 aliphatic carbocycles. The van der Waals surface area contributed by atoms with Gasteiger partial charge < -0.3 is 5.73 Å². The Bertz CT molecular complexity index is 732. The van der Waals surface area contributed by atoms with Crippen LogP contribution < -0.4 is 10.5 Å². The van der Waals surface area contributed by atoms with Crippen molar-refractivity contribution < 1.29 is 8.42 Å². The molecule has 2 aromatic rings. The van der Waals surface area contributed by atoms with E-state index in [1.807, 2.05) is 6.07 Å². The van der Waals surface area contributed by atoms with E-state index in [-0.39, 0.29) is 12.1 Å². The van der Waals surface area contributed by atoms with Gasteiger partial charge in [-0.1, -0.05) is 12.1 Å². The first-order chi connectivity index (χ1) is 10.1. The number of rotatable bonds is 3. The highest BCUT2D eigenvalue weighted by atomic mass is 32.2. The van der Waals surface area contributed by atoms with E-state index < -0.39 is 10.0 Å². The van der Waals surface area contributed by atoms with Gasteiger partial charge in [0.15, 0.2) is 0 Å². The van der Waals surface area contributed by atoms with Crippen LogP contribution in [0.5, 0.6) is 0 Å². The van der Waals surface area contributed by atoms with Gasteiger partial charge in [0.05, 0.1) is 4.90 Å². The third-order valence-electron chi connectivity index (χ3n) is 4.02. The van der Waals surface area contributed by atoms with Crippen LogP contribution in [0.15, 0.2) is 41.6 Å². The van der Waals surface area contributed by atoms with Crippen LogP contribution in [0.4, 0.5) is 0 Å². The maximum atomic E-state index is 12.6. The number of nitrogens with one attached hydrogen (secondary N) is 1. The van der Waals surface area contributed by atoms with Crippen molar-refractivity contribution in [3.05, 3.63) is 36.7 Å². The molecule has 1 saturated carbocycles. The van der Waals surface area contributed by atoms with E-state index in [9.17, 15) is 8.42 Å². The van der Waals surface area contributed by atoms with E-state index in [0.717, 1.165) is 31.1 Å². The van der Waals surface area contributed by atoms with Crippen LogP contribution in [0.1, 0.15) is 25.7 Å². The molecule has 1 aromatic carbocycles. The molecule has 0 unspecified atom stereocenters. The van der Waals surface area contributed by atoms with Gasteiger partial charge in [0.2, 0.25) is 10.0 Å². The second-order valence-corrected chi connectivity index (χ2v) is 7.27. The number of nitrogens with two attached hydrogens (primary N) is 1. The van der Waals surface area contributed by atoms with Crippen molar-refractivity contribution >= 4 is 20.8 Å². The smallest absolute Gasteiger partial charge is 0.241 e. The Hall–Kier alpha value is -1.50. The molecule has 21 heavy (non-hydrogen) atoms. The van der Waals surface area contributed by atoms with Crippen molar-refractivity contribution in [2.75, 3.05) is 0 Å². The number of fused-ring (bicyclic) bond motifs is 1. The maximum absolute atomic E-state index is 12.6. The number of sulfonamides is 1. The highest BCUT2D eigenvalue weighted by Crippen LogP contribution is 2.24. The van der Waals surface area contributed by atoms with Crippen LogP contribution in [0.25, 0.3) is 10.8 Å². The molecule has 5 nitrogen and oxygen atoms in total. The lowest BCUT2D eigenvalue weighted by Crippen LogP contribution is -2.40. The molecule has 1 fully saturated rings. The summed E-state index contributed by atoms with van der Waals surface area (Å²) in [6.07, 6.45) is 6.62. The fraction of sp³-hybridized carbons (Fsp3) is 0.400. The second kappa shape index (κ2) is 5.71. The fourth-order valence-corrected chi connectivity index (χ4v) is 4.38. The normalized spacial score (nSPS) is 23.3. The van der Waals surface area contributed by atoms with Gasteiger partial charge in [0.25, 0.3) is 0 Å². The molecule has 0 aliphatic heterocycles. The minimum absolute atomic E-state index is 0.0214. The van der Waals surface area contributed by atoms with Gasteiger partial charge in [0, 0.05) is 35.2 Å². The average molecular weight is 305 g/mol. The molecular weight excluding hydrogens is 286 g/mol. The third kappa shape index (κ3) is 3.07. The highest BCUT2D eigenvalue weighted by molar-refractivity contribution is 7.89. The van der Waals surface area contributed by atoms with Gasteiger partial charge in [-0.15, -0.1) is 0 Å². The lowest BCUT2D eigenvalue weighted by molar-refractivity contribution is 0.373. The molecule has 0 radical (unpaired) electrons. The minimum Gasteiger partial charge on any atom is -0.328 e. The summed E-state index contributed by atoms with van der Waals surface area (Å²) >= 11 is 0. The quantitative estimate of drug-likeness (QED) is 0.905. The Morgan fingerprint density at radius 1 is 1.14 bits per heavy atom. The molecule has 1 aromatic heterocycles. The Morgan fingerprint density at radius 3 is 2.67 bits per heavy atom. The molecular formula is C15H19N3O2S. The van der Waals surface area contributed by atoms with Crippen molar-refractivity contribution in [1.29, 1.82) is 0 Å². The summed E-state index contributed by atoms with van der Waals surface area (Å²) in [6.45, 7) is 0. The van der Waals surface area contributed by atoms with Crippen LogP contribution in [0.3, 0.4) is 0 Å². The molecule has 0 bridgehead atoms. The van der Waals surface area contributed by atoms with E-state index >= 15 is 0 Å². The number of aromatic nitrogens is 1. The number of hydrogen-bond donors (Lipinski definition) is 2. The first-order valence-corrected chi connectivity index (χ1v) is 8.65. The van der Waals surface area contributed by atoms with E-state index in [4.69, 9.17) is 5.73 Å². The molecule has 6 heteroatoms. The summed E-state index contributed by atoms with van der Waals surface area (Å²) in [7, 11) is -3.52. The fourth-order valence-electron chi connectivity index (χ4n) is 2.85. The monoisotopic (exact) mass is 305 g/mol. The van der Waals surface area contributed by atoms with Crippen molar-refractivity contribution in [1.82, 2.24) is 9.71 Å². The molecule has 0 amide bonds. The standard InChI is InChI=1S/C15H19N3O2S/c16-12-4-6-13(7-5-12)18-21(19,20)15-3-1-2-11-10-17-9-8-14(11)15/h1-3,8-10,12-13,18H,4-7,16H2. The third-order valence-corrected chi connectivity index (χ3v) is 5.60. The first-order valence-electron chi connectivity index (χ1n) is 7.17. The lowest BCUT2D eigenvalue weighted by Gasteiger charge is -2.26. The number of hydrogen-bond acceptors (Lipinski definition) is 4. The zero-order valence-corrected chi connectivity index (χ0v) is 12.5. The summed E-state index contributed by atoms with van der Waals surface area (Å²) in [5, 5.41) is 1.53. The highest BCUT2D eigenvalue weighted by Gasteiger charge is 2.25. The summed E-state index contributed by atoms with van der Waals surface area (Å²) in [6, 6.07) is 7.16. The SMILES string of the molecule is NC1CCC(NS(=O)(=O)c2cccc3cnccc23)CC1. The lowest BCUT2D eigenvalue weighted by atomic mass is 9.93. The molecule has 0 saturated heterocycles. The minimum atomic E-state index is -3.52. The van der Waals surface area contributed by atoms with Crippen LogP contribution in [-0.4, -0.2) is 25.5 Å². The Kier molecular flexibility index (Phi) is 3.93. The average Bonchev–Trinajstić information content (AvgIpc) is 2.49. The summed E-state index contributed by atoms with van der Waals surface area (Å²) in [5.41, 5.74) is 5.86. The summed E-state index contributed by atoms with van der Waals surface area (Å²) in [4.78, 5) is 4.35. The molecule has 112 valence electrons. The molecule has 3 N–H and O–H groups in total. The molecule has 1 aliphatic rings. The van der Waals surface area contributed by atoms with Crippen LogP contribution in [0, 0.1) is 0 Å². The number of nitrogens with zero attached hydrogens (tertiary/aromatic N) is 1. The first kappa shape index (κ1) is 14.4. The van der Waals surface area contributed by atoms with Crippen molar-refractivity contribution in [3.8, 4) is 0 Å². The van der Waals surface area contributed by atoms with Gasteiger partial charge in [-0.25, -0.2) is 13.1 Å². The van der Waals surface area contributed by atoms with E-state index in [2.05, 4.69) is 9.71 Å². The Morgan fingerprint density at radius 2 is 1.90 bits per heavy atom. The Balaban J connectivity index is 1.90. The van der Waals surface area contributed by atoms with Gasteiger partial charge >= 0.3 is 0 Å². The molecule has 3 rings (SSSR count). The zero-order valence-electron chi connectivity index (χ0n) is 11.7. The molecule has 1 heterocycles. The number of benzene rings is 1. The number of pyridine rings is 1. The zero-order chi connectivity index (χ0) is 14.9. The summed E-state index contributed by atoms with van der Waals surface area (Å²) in [5.74, 6) is 0. The largest absolute Gasteiger partial charge is 0.328 e. The predicted molar refractivity (Wildman–Crippen MR) is 82.3 cm³/mol. The van der Waals surface area contributed by atoms with E-state index in [0.29, 0.717) is 10.3 Å². The van der Waals surface area contributed by atoms with Crippen molar-refractivity contribution in [2.24, 2.45) is 5.73 Å². The predicted octanol–water partition coefficient (Wildman–Crippen LogP) is 1.78. The van der Waals surface area contributed by atoms with Gasteiger partial charge in [-0.3, -0.25) is 4.98 Å². The van der Waals surface area contributed by atoms with Crippen LogP contribution in [-0.2, 0) is 10.0 Å². The van der Waals surface area contributed by atoms with Gasteiger partial charge in [0.1, 0.15) is 0 Å². The van der Waals surface area contributed by atoms with Crippen molar-refractivity contribution in [3.63, 3.8) is 0 Å².